The third-order valence-electron chi connectivity index (χ3n) is 2.37. The van der Waals surface area contributed by atoms with Gasteiger partial charge in [0.15, 0.2) is 0 Å². The summed E-state index contributed by atoms with van der Waals surface area (Å²) >= 11 is 6.10. The van der Waals surface area contributed by atoms with Gasteiger partial charge in [0.1, 0.15) is 0 Å². The highest BCUT2D eigenvalue weighted by molar-refractivity contribution is 6.32. The topological polar surface area (TPSA) is 63.3 Å². The Kier molecular flexibility index (Phi) is 4.12. The average molecular weight is 228 g/mol. The number of benzene rings is 1. The fourth-order valence-electron chi connectivity index (χ4n) is 1.52. The molecule has 0 fully saturated rings. The number of rotatable bonds is 4. The van der Waals surface area contributed by atoms with Gasteiger partial charge in [0, 0.05) is 10.9 Å². The Bertz CT molecular complexity index is 366. The number of aryl methyl sites for hydroxylation is 1. The molecule has 0 saturated carbocycles. The lowest BCUT2D eigenvalue weighted by Gasteiger charge is -2.15. The second-order valence-corrected chi connectivity index (χ2v) is 3.89. The third-order valence-corrected chi connectivity index (χ3v) is 2.88. The molecular weight excluding hydrogens is 214 g/mol. The van der Waals surface area contributed by atoms with Crippen molar-refractivity contribution in [3.8, 4) is 0 Å². The first-order valence-corrected chi connectivity index (χ1v) is 5.11. The predicted octanol–water partition coefficient (Wildman–Crippen LogP) is 2.17. The van der Waals surface area contributed by atoms with Crippen molar-refractivity contribution in [3.05, 3.63) is 34.3 Å². The summed E-state index contributed by atoms with van der Waals surface area (Å²) < 4.78 is 0. The van der Waals surface area contributed by atoms with E-state index >= 15 is 0 Å². The zero-order chi connectivity index (χ0) is 11.4. The molecule has 0 radical (unpaired) electrons. The molecule has 0 aliphatic heterocycles. The molecular formula is C11H14ClNO2. The van der Waals surface area contributed by atoms with Crippen LogP contribution in [0.25, 0.3) is 0 Å². The minimum Gasteiger partial charge on any atom is -0.481 e. The molecule has 0 aliphatic rings. The molecule has 4 heteroatoms. The Morgan fingerprint density at radius 1 is 1.60 bits per heavy atom. The Morgan fingerprint density at radius 3 is 2.80 bits per heavy atom. The smallest absolute Gasteiger partial charge is 0.304 e. The van der Waals surface area contributed by atoms with Gasteiger partial charge < -0.3 is 10.8 Å². The van der Waals surface area contributed by atoms with Crippen molar-refractivity contribution in [1.29, 1.82) is 0 Å². The monoisotopic (exact) mass is 227 g/mol. The van der Waals surface area contributed by atoms with E-state index in [4.69, 9.17) is 22.4 Å². The number of carboxylic acids is 1. The molecule has 0 amide bonds. The molecule has 1 atom stereocenters. The van der Waals surface area contributed by atoms with Crippen LogP contribution >= 0.6 is 11.6 Å². The second kappa shape index (κ2) is 5.14. The van der Waals surface area contributed by atoms with Crippen LogP contribution in [0.4, 0.5) is 0 Å². The molecule has 3 nitrogen and oxygen atoms in total. The number of aliphatic carboxylic acids is 1. The normalized spacial score (nSPS) is 12.5. The lowest BCUT2D eigenvalue weighted by atomic mass is 9.94. The maximum atomic E-state index is 10.6. The molecule has 0 spiro atoms. The van der Waals surface area contributed by atoms with Gasteiger partial charge in [-0.3, -0.25) is 4.79 Å². The SMILES string of the molecule is Cc1cccc(C(CN)CC(=O)O)c1Cl. The lowest BCUT2D eigenvalue weighted by Crippen LogP contribution is -2.16. The van der Waals surface area contributed by atoms with Crippen LogP contribution in [0.1, 0.15) is 23.5 Å². The number of carbonyl (C=O) groups is 1. The summed E-state index contributed by atoms with van der Waals surface area (Å²) in [6.45, 7) is 2.18. The van der Waals surface area contributed by atoms with Crippen molar-refractivity contribution in [2.45, 2.75) is 19.3 Å². The summed E-state index contributed by atoms with van der Waals surface area (Å²) in [7, 11) is 0. The number of hydrogen-bond donors (Lipinski definition) is 2. The summed E-state index contributed by atoms with van der Waals surface area (Å²) in [5.41, 5.74) is 7.31. The molecule has 1 rings (SSSR count). The zero-order valence-corrected chi connectivity index (χ0v) is 9.29. The van der Waals surface area contributed by atoms with Crippen molar-refractivity contribution < 1.29 is 9.90 Å². The van der Waals surface area contributed by atoms with Gasteiger partial charge in [-0.25, -0.2) is 0 Å². The highest BCUT2D eigenvalue weighted by Crippen LogP contribution is 2.28. The maximum Gasteiger partial charge on any atom is 0.304 e. The van der Waals surface area contributed by atoms with Gasteiger partial charge in [-0.2, -0.15) is 0 Å². The second-order valence-electron chi connectivity index (χ2n) is 3.51. The minimum absolute atomic E-state index is 0.0136. The fraction of sp³-hybridized carbons (Fsp3) is 0.364. The Morgan fingerprint density at radius 2 is 2.27 bits per heavy atom. The van der Waals surface area contributed by atoms with E-state index in [1.165, 1.54) is 0 Å². The van der Waals surface area contributed by atoms with E-state index in [2.05, 4.69) is 0 Å². The molecule has 1 unspecified atom stereocenters. The number of carboxylic acid groups (broad SMARTS) is 1. The molecule has 1 aromatic rings. The largest absolute Gasteiger partial charge is 0.481 e. The number of halogens is 1. The number of hydrogen-bond acceptors (Lipinski definition) is 2. The van der Waals surface area contributed by atoms with E-state index in [1.54, 1.807) is 0 Å². The van der Waals surface area contributed by atoms with E-state index < -0.39 is 5.97 Å². The Balaban J connectivity index is 3.01. The van der Waals surface area contributed by atoms with Crippen molar-refractivity contribution >= 4 is 17.6 Å². The van der Waals surface area contributed by atoms with E-state index in [9.17, 15) is 4.79 Å². The van der Waals surface area contributed by atoms with Crippen LogP contribution in [0, 0.1) is 6.92 Å². The lowest BCUT2D eigenvalue weighted by molar-refractivity contribution is -0.137. The van der Waals surface area contributed by atoms with Crippen molar-refractivity contribution in [2.75, 3.05) is 6.54 Å². The van der Waals surface area contributed by atoms with Crippen molar-refractivity contribution in [3.63, 3.8) is 0 Å². The van der Waals surface area contributed by atoms with Crippen molar-refractivity contribution in [2.24, 2.45) is 5.73 Å². The van der Waals surface area contributed by atoms with Gasteiger partial charge in [0.25, 0.3) is 0 Å². The Labute approximate surface area is 93.9 Å². The maximum absolute atomic E-state index is 10.6. The first-order valence-electron chi connectivity index (χ1n) is 4.73. The summed E-state index contributed by atoms with van der Waals surface area (Å²) in [5, 5.41) is 9.36. The first kappa shape index (κ1) is 12.0. The van der Waals surface area contributed by atoms with Gasteiger partial charge in [0.2, 0.25) is 0 Å². The van der Waals surface area contributed by atoms with E-state index in [1.807, 2.05) is 25.1 Å². The Hall–Kier alpha value is -1.06. The number of nitrogens with two attached hydrogens (primary N) is 1. The quantitative estimate of drug-likeness (QED) is 0.829. The van der Waals surface area contributed by atoms with Crippen LogP contribution in [0.2, 0.25) is 5.02 Å². The van der Waals surface area contributed by atoms with E-state index in [-0.39, 0.29) is 18.9 Å². The standard InChI is InChI=1S/C11H14ClNO2/c1-7-3-2-4-9(11(7)12)8(6-13)5-10(14)15/h2-4,8H,5-6,13H2,1H3,(H,14,15). The molecule has 0 saturated heterocycles. The molecule has 0 heterocycles. The van der Waals surface area contributed by atoms with E-state index in [0.29, 0.717) is 5.02 Å². The molecule has 0 aliphatic carbocycles. The average Bonchev–Trinajstić information content (AvgIpc) is 2.19. The van der Waals surface area contributed by atoms with Gasteiger partial charge in [0.05, 0.1) is 6.42 Å². The summed E-state index contributed by atoms with van der Waals surface area (Å²) in [5.74, 6) is -1.07. The molecule has 3 N–H and O–H groups in total. The van der Waals surface area contributed by atoms with Crippen molar-refractivity contribution in [1.82, 2.24) is 0 Å². The minimum atomic E-state index is -0.858. The van der Waals surface area contributed by atoms with Crippen LogP contribution in [0.15, 0.2) is 18.2 Å². The highest BCUT2D eigenvalue weighted by atomic mass is 35.5. The van der Waals surface area contributed by atoms with Gasteiger partial charge in [-0.05, 0) is 24.6 Å². The third kappa shape index (κ3) is 2.94. The molecule has 82 valence electrons. The van der Waals surface area contributed by atoms with Crippen LogP contribution in [0.3, 0.4) is 0 Å². The zero-order valence-electron chi connectivity index (χ0n) is 8.53. The van der Waals surface area contributed by atoms with Crippen LogP contribution in [-0.4, -0.2) is 17.6 Å². The van der Waals surface area contributed by atoms with Crippen LogP contribution in [0.5, 0.6) is 0 Å². The van der Waals surface area contributed by atoms with Gasteiger partial charge in [-0.15, -0.1) is 0 Å². The highest BCUT2D eigenvalue weighted by Gasteiger charge is 2.17. The summed E-state index contributed by atoms with van der Waals surface area (Å²) in [6.07, 6.45) is 0.0136. The molecule has 0 bridgehead atoms. The van der Waals surface area contributed by atoms with Crippen LogP contribution < -0.4 is 5.73 Å². The van der Waals surface area contributed by atoms with Gasteiger partial charge >= 0.3 is 5.97 Å². The first-order chi connectivity index (χ1) is 7.06. The fourth-order valence-corrected chi connectivity index (χ4v) is 1.80. The molecule has 15 heavy (non-hydrogen) atoms. The van der Waals surface area contributed by atoms with Crippen LogP contribution in [-0.2, 0) is 4.79 Å². The summed E-state index contributed by atoms with van der Waals surface area (Å²) in [6, 6.07) is 5.58. The van der Waals surface area contributed by atoms with Gasteiger partial charge in [-0.1, -0.05) is 29.8 Å². The summed E-state index contributed by atoms with van der Waals surface area (Å²) in [4.78, 5) is 10.6. The molecule has 0 aromatic heterocycles. The molecule has 1 aromatic carbocycles. The van der Waals surface area contributed by atoms with E-state index in [0.717, 1.165) is 11.1 Å². The predicted molar refractivity (Wildman–Crippen MR) is 60.2 cm³/mol.